The number of carbonyl (C=O) groups is 1. The summed E-state index contributed by atoms with van der Waals surface area (Å²) >= 11 is 0. The van der Waals surface area contributed by atoms with Crippen molar-refractivity contribution in [1.29, 1.82) is 0 Å². The Bertz CT molecular complexity index is 387. The first kappa shape index (κ1) is 11.5. The molecule has 1 aromatic heterocycles. The van der Waals surface area contributed by atoms with Crippen LogP contribution in [0.2, 0.25) is 0 Å². The van der Waals surface area contributed by atoms with Crippen molar-refractivity contribution in [2.75, 3.05) is 0 Å². The van der Waals surface area contributed by atoms with Gasteiger partial charge in [0.25, 0.3) is 0 Å². The van der Waals surface area contributed by atoms with Gasteiger partial charge in [0.2, 0.25) is 0 Å². The number of aromatic nitrogens is 1. The second-order valence-corrected chi connectivity index (χ2v) is 3.52. The number of nitrogens with one attached hydrogen (secondary N) is 1. The number of carbonyl (C=O) groups excluding carboxylic acids is 1. The molecule has 0 unspecified atom stereocenters. The Morgan fingerprint density at radius 1 is 1.27 bits per heavy atom. The SMILES string of the molecule is CCCC(C)=O.c1ccc2[nH]ccc2c1. The normalized spacial score (nSPS) is 9.47. The fraction of sp³-hybridized carbons (Fsp3) is 0.308. The van der Waals surface area contributed by atoms with E-state index in [2.05, 4.69) is 23.2 Å². The molecule has 2 rings (SSSR count). The molecule has 2 nitrogen and oxygen atoms in total. The second kappa shape index (κ2) is 6.02. The highest BCUT2D eigenvalue weighted by Crippen LogP contribution is 2.09. The number of H-pyrrole nitrogens is 1. The molecule has 15 heavy (non-hydrogen) atoms. The predicted molar refractivity (Wildman–Crippen MR) is 63.9 cm³/mol. The average molecular weight is 203 g/mol. The fourth-order valence-electron chi connectivity index (χ4n) is 1.35. The van der Waals surface area contributed by atoms with E-state index in [4.69, 9.17) is 0 Å². The maximum Gasteiger partial charge on any atom is 0.129 e. The summed E-state index contributed by atoms with van der Waals surface area (Å²) in [5, 5.41) is 1.28. The minimum absolute atomic E-state index is 0.289. The van der Waals surface area contributed by atoms with Crippen LogP contribution in [-0.4, -0.2) is 10.8 Å². The van der Waals surface area contributed by atoms with Crippen LogP contribution in [0.25, 0.3) is 10.9 Å². The standard InChI is InChI=1S/C8H7N.C5H10O/c1-2-4-8-7(3-1)5-6-9-8;1-3-4-5(2)6/h1-6,9H;3-4H2,1-2H3. The van der Waals surface area contributed by atoms with E-state index in [0.717, 1.165) is 12.8 Å². The first-order valence-electron chi connectivity index (χ1n) is 5.25. The summed E-state index contributed by atoms with van der Waals surface area (Å²) in [7, 11) is 0. The highest BCUT2D eigenvalue weighted by Gasteiger charge is 1.86. The molecule has 1 aromatic carbocycles. The van der Waals surface area contributed by atoms with Crippen LogP contribution >= 0.6 is 0 Å². The van der Waals surface area contributed by atoms with E-state index in [0.29, 0.717) is 0 Å². The molecule has 0 atom stereocenters. The molecule has 0 saturated carbocycles. The van der Waals surface area contributed by atoms with Crippen molar-refractivity contribution >= 4 is 16.7 Å². The highest BCUT2D eigenvalue weighted by atomic mass is 16.1. The Kier molecular flexibility index (Phi) is 4.61. The molecule has 2 heteroatoms. The summed E-state index contributed by atoms with van der Waals surface area (Å²) < 4.78 is 0. The van der Waals surface area contributed by atoms with E-state index in [1.54, 1.807) is 6.92 Å². The van der Waals surface area contributed by atoms with Crippen molar-refractivity contribution in [2.24, 2.45) is 0 Å². The molecule has 0 aliphatic carbocycles. The van der Waals surface area contributed by atoms with Crippen LogP contribution in [0.5, 0.6) is 0 Å². The van der Waals surface area contributed by atoms with Crippen molar-refractivity contribution in [3.05, 3.63) is 36.5 Å². The Hall–Kier alpha value is -1.57. The molecule has 80 valence electrons. The number of Topliss-reactive ketones (excluding diaryl/α,β-unsaturated/α-hetero) is 1. The molecule has 0 saturated heterocycles. The Labute approximate surface area is 90.3 Å². The van der Waals surface area contributed by atoms with Crippen LogP contribution in [-0.2, 0) is 4.79 Å². The number of rotatable bonds is 2. The minimum atomic E-state index is 0.289. The van der Waals surface area contributed by atoms with E-state index in [1.165, 1.54) is 10.9 Å². The third-order valence-corrected chi connectivity index (χ3v) is 2.06. The lowest BCUT2D eigenvalue weighted by atomic mass is 10.3. The van der Waals surface area contributed by atoms with Crippen molar-refractivity contribution in [3.63, 3.8) is 0 Å². The van der Waals surface area contributed by atoms with E-state index in [9.17, 15) is 4.79 Å². The molecule has 0 aliphatic heterocycles. The zero-order valence-electron chi connectivity index (χ0n) is 9.29. The minimum Gasteiger partial charge on any atom is -0.361 e. The van der Waals surface area contributed by atoms with Gasteiger partial charge >= 0.3 is 0 Å². The van der Waals surface area contributed by atoms with Gasteiger partial charge in [-0.1, -0.05) is 25.1 Å². The Morgan fingerprint density at radius 2 is 2.00 bits per heavy atom. The molecular weight excluding hydrogens is 186 g/mol. The molecule has 0 bridgehead atoms. The van der Waals surface area contributed by atoms with Crippen LogP contribution in [0.15, 0.2) is 36.5 Å². The lowest BCUT2D eigenvalue weighted by Crippen LogP contribution is -1.84. The number of benzene rings is 1. The third-order valence-electron chi connectivity index (χ3n) is 2.06. The lowest BCUT2D eigenvalue weighted by Gasteiger charge is -1.83. The zero-order chi connectivity index (χ0) is 11.1. The smallest absolute Gasteiger partial charge is 0.129 e. The van der Waals surface area contributed by atoms with Crippen molar-refractivity contribution in [1.82, 2.24) is 4.98 Å². The first-order valence-corrected chi connectivity index (χ1v) is 5.25. The van der Waals surface area contributed by atoms with Gasteiger partial charge in [0, 0.05) is 18.1 Å². The average Bonchev–Trinajstić information content (AvgIpc) is 2.65. The molecule has 0 spiro atoms. The van der Waals surface area contributed by atoms with Gasteiger partial charge in [0.15, 0.2) is 0 Å². The quantitative estimate of drug-likeness (QED) is 0.795. The van der Waals surface area contributed by atoms with E-state index in [-0.39, 0.29) is 5.78 Å². The summed E-state index contributed by atoms with van der Waals surface area (Å²) in [6.45, 7) is 3.62. The Balaban J connectivity index is 0.000000167. The predicted octanol–water partition coefficient (Wildman–Crippen LogP) is 3.54. The van der Waals surface area contributed by atoms with E-state index < -0.39 is 0 Å². The van der Waals surface area contributed by atoms with Crippen LogP contribution < -0.4 is 0 Å². The van der Waals surface area contributed by atoms with Gasteiger partial charge in [-0.25, -0.2) is 0 Å². The van der Waals surface area contributed by atoms with Crippen molar-refractivity contribution < 1.29 is 4.79 Å². The first-order chi connectivity index (χ1) is 7.24. The second-order valence-electron chi connectivity index (χ2n) is 3.52. The third kappa shape index (κ3) is 3.98. The maximum atomic E-state index is 10.0. The van der Waals surface area contributed by atoms with Crippen molar-refractivity contribution in [3.8, 4) is 0 Å². The van der Waals surface area contributed by atoms with E-state index in [1.807, 2.05) is 25.3 Å². The number of ketones is 1. The largest absolute Gasteiger partial charge is 0.361 e. The number of para-hydroxylation sites is 1. The topological polar surface area (TPSA) is 32.9 Å². The van der Waals surface area contributed by atoms with Gasteiger partial charge in [-0.3, -0.25) is 0 Å². The summed E-state index contributed by atoms with van der Waals surface area (Å²) in [6, 6.07) is 10.3. The number of aromatic amines is 1. The monoisotopic (exact) mass is 203 g/mol. The fourth-order valence-corrected chi connectivity index (χ4v) is 1.35. The molecule has 0 aliphatic rings. The van der Waals surface area contributed by atoms with Gasteiger partial charge in [0.05, 0.1) is 0 Å². The molecule has 2 aromatic rings. The summed E-state index contributed by atoms with van der Waals surface area (Å²) in [5.41, 5.74) is 1.21. The lowest BCUT2D eigenvalue weighted by molar-refractivity contribution is -0.117. The summed E-state index contributed by atoms with van der Waals surface area (Å²) in [4.78, 5) is 13.2. The zero-order valence-corrected chi connectivity index (χ0v) is 9.29. The number of hydrogen-bond donors (Lipinski definition) is 1. The van der Waals surface area contributed by atoms with Crippen LogP contribution in [0.1, 0.15) is 26.7 Å². The molecule has 1 N–H and O–H groups in total. The van der Waals surface area contributed by atoms with Gasteiger partial charge in [0.1, 0.15) is 5.78 Å². The molecule has 0 radical (unpaired) electrons. The molecule has 0 fully saturated rings. The molecular formula is C13H17NO. The van der Waals surface area contributed by atoms with Gasteiger partial charge in [-0.05, 0) is 30.9 Å². The van der Waals surface area contributed by atoms with Crippen molar-refractivity contribution in [2.45, 2.75) is 26.7 Å². The van der Waals surface area contributed by atoms with Crippen LogP contribution in [0, 0.1) is 0 Å². The van der Waals surface area contributed by atoms with Gasteiger partial charge in [-0.15, -0.1) is 0 Å². The number of hydrogen-bond acceptors (Lipinski definition) is 1. The maximum absolute atomic E-state index is 10.0. The summed E-state index contributed by atoms with van der Waals surface area (Å²) in [6.07, 6.45) is 3.67. The molecule has 0 amide bonds. The van der Waals surface area contributed by atoms with E-state index >= 15 is 0 Å². The van der Waals surface area contributed by atoms with Crippen LogP contribution in [0.3, 0.4) is 0 Å². The number of fused-ring (bicyclic) bond motifs is 1. The highest BCUT2D eigenvalue weighted by molar-refractivity contribution is 5.78. The van der Waals surface area contributed by atoms with Gasteiger partial charge in [-0.2, -0.15) is 0 Å². The summed E-state index contributed by atoms with van der Waals surface area (Å²) in [5.74, 6) is 0.289. The van der Waals surface area contributed by atoms with Crippen LogP contribution in [0.4, 0.5) is 0 Å². The van der Waals surface area contributed by atoms with Gasteiger partial charge < -0.3 is 9.78 Å². The Morgan fingerprint density at radius 3 is 2.53 bits per heavy atom. The molecule has 1 heterocycles.